The standard InChI is InChI=1S/C15H32N2/c1-6-8-9-10-17-12-14(15(3,4)5)16-11-13(17)7-2/h13-14,16H,6-12H2,1-5H3. The molecule has 0 aliphatic carbocycles. The molecule has 1 N–H and O–H groups in total. The number of piperazine rings is 1. The van der Waals surface area contributed by atoms with Crippen molar-refractivity contribution in [1.29, 1.82) is 0 Å². The third-order valence-corrected chi connectivity index (χ3v) is 4.10. The number of nitrogens with zero attached hydrogens (tertiary/aromatic N) is 1. The minimum Gasteiger partial charge on any atom is -0.311 e. The predicted octanol–water partition coefficient (Wildman–Crippen LogP) is 3.28. The van der Waals surface area contributed by atoms with Crippen LogP contribution in [0.15, 0.2) is 0 Å². The molecule has 2 unspecified atom stereocenters. The SMILES string of the molecule is CCCCCN1CC(C(C)(C)C)NCC1CC. The van der Waals surface area contributed by atoms with E-state index in [-0.39, 0.29) is 0 Å². The van der Waals surface area contributed by atoms with Crippen LogP contribution < -0.4 is 5.32 Å². The summed E-state index contributed by atoms with van der Waals surface area (Å²) in [5.41, 5.74) is 0.377. The summed E-state index contributed by atoms with van der Waals surface area (Å²) in [4.78, 5) is 2.72. The first-order chi connectivity index (χ1) is 7.99. The fourth-order valence-corrected chi connectivity index (χ4v) is 2.68. The molecule has 0 amide bonds. The third kappa shape index (κ3) is 4.59. The maximum Gasteiger partial charge on any atom is 0.0244 e. The van der Waals surface area contributed by atoms with Gasteiger partial charge in [-0.1, -0.05) is 47.5 Å². The molecule has 0 radical (unpaired) electrons. The number of hydrogen-bond acceptors (Lipinski definition) is 2. The fraction of sp³-hybridized carbons (Fsp3) is 1.00. The molecule has 0 aromatic heterocycles. The largest absolute Gasteiger partial charge is 0.311 e. The third-order valence-electron chi connectivity index (χ3n) is 4.10. The molecule has 2 atom stereocenters. The molecule has 17 heavy (non-hydrogen) atoms. The maximum absolute atomic E-state index is 3.74. The topological polar surface area (TPSA) is 15.3 Å². The highest BCUT2D eigenvalue weighted by Crippen LogP contribution is 2.24. The van der Waals surface area contributed by atoms with Crippen LogP contribution in [-0.4, -0.2) is 36.6 Å². The van der Waals surface area contributed by atoms with E-state index in [0.29, 0.717) is 11.5 Å². The van der Waals surface area contributed by atoms with Crippen molar-refractivity contribution in [2.24, 2.45) is 5.41 Å². The lowest BCUT2D eigenvalue weighted by atomic mass is 9.84. The van der Waals surface area contributed by atoms with Crippen LogP contribution in [0.3, 0.4) is 0 Å². The summed E-state index contributed by atoms with van der Waals surface area (Å²) in [5.74, 6) is 0. The molecule has 1 fully saturated rings. The van der Waals surface area contributed by atoms with E-state index in [1.54, 1.807) is 0 Å². The number of unbranched alkanes of at least 4 members (excludes halogenated alkanes) is 2. The Kier molecular flexibility index (Phi) is 5.94. The van der Waals surface area contributed by atoms with Crippen molar-refractivity contribution < 1.29 is 0 Å². The van der Waals surface area contributed by atoms with Crippen molar-refractivity contribution in [2.45, 2.75) is 72.4 Å². The lowest BCUT2D eigenvalue weighted by Crippen LogP contribution is -2.60. The van der Waals surface area contributed by atoms with Crippen molar-refractivity contribution in [2.75, 3.05) is 19.6 Å². The molecule has 0 saturated carbocycles. The van der Waals surface area contributed by atoms with Crippen LogP contribution in [0.4, 0.5) is 0 Å². The average Bonchev–Trinajstić information content (AvgIpc) is 2.28. The molecule has 1 saturated heterocycles. The summed E-state index contributed by atoms with van der Waals surface area (Å²) in [7, 11) is 0. The van der Waals surface area contributed by atoms with Gasteiger partial charge in [0, 0.05) is 25.2 Å². The quantitative estimate of drug-likeness (QED) is 0.742. The van der Waals surface area contributed by atoms with E-state index in [2.05, 4.69) is 44.8 Å². The van der Waals surface area contributed by atoms with Gasteiger partial charge >= 0.3 is 0 Å². The van der Waals surface area contributed by atoms with Crippen molar-refractivity contribution in [3.63, 3.8) is 0 Å². The molecule has 102 valence electrons. The molecule has 0 aromatic rings. The van der Waals surface area contributed by atoms with E-state index >= 15 is 0 Å². The second kappa shape index (κ2) is 6.75. The Bertz CT molecular complexity index is 207. The van der Waals surface area contributed by atoms with Gasteiger partial charge in [-0.2, -0.15) is 0 Å². The first kappa shape index (κ1) is 15.0. The summed E-state index contributed by atoms with van der Waals surface area (Å²) in [5, 5.41) is 3.74. The van der Waals surface area contributed by atoms with Crippen molar-refractivity contribution in [1.82, 2.24) is 10.2 Å². The van der Waals surface area contributed by atoms with E-state index in [4.69, 9.17) is 0 Å². The molecule has 1 rings (SSSR count). The molecule has 2 heteroatoms. The number of hydrogen-bond donors (Lipinski definition) is 1. The number of nitrogens with one attached hydrogen (secondary N) is 1. The Hall–Kier alpha value is -0.0800. The average molecular weight is 240 g/mol. The van der Waals surface area contributed by atoms with E-state index in [0.717, 1.165) is 6.04 Å². The molecule has 1 heterocycles. The van der Waals surface area contributed by atoms with Gasteiger partial charge in [0.2, 0.25) is 0 Å². The zero-order chi connectivity index (χ0) is 12.9. The van der Waals surface area contributed by atoms with Crippen LogP contribution in [0, 0.1) is 5.41 Å². The normalized spacial score (nSPS) is 27.4. The molecular weight excluding hydrogens is 208 g/mol. The van der Waals surface area contributed by atoms with Gasteiger partial charge in [0.05, 0.1) is 0 Å². The molecule has 0 bridgehead atoms. The minimum atomic E-state index is 0.377. The van der Waals surface area contributed by atoms with Gasteiger partial charge in [-0.15, -0.1) is 0 Å². The maximum atomic E-state index is 3.74. The smallest absolute Gasteiger partial charge is 0.0244 e. The van der Waals surface area contributed by atoms with Crippen molar-refractivity contribution in [3.05, 3.63) is 0 Å². The lowest BCUT2D eigenvalue weighted by molar-refractivity contribution is 0.0821. The van der Waals surface area contributed by atoms with Gasteiger partial charge in [0.25, 0.3) is 0 Å². The minimum absolute atomic E-state index is 0.377. The predicted molar refractivity (Wildman–Crippen MR) is 76.4 cm³/mol. The summed E-state index contributed by atoms with van der Waals surface area (Å²) >= 11 is 0. The van der Waals surface area contributed by atoms with Gasteiger partial charge in [-0.3, -0.25) is 4.90 Å². The zero-order valence-corrected chi connectivity index (χ0v) is 12.6. The summed E-state index contributed by atoms with van der Waals surface area (Å²) < 4.78 is 0. The summed E-state index contributed by atoms with van der Waals surface area (Å²) in [6.07, 6.45) is 5.34. The highest BCUT2D eigenvalue weighted by atomic mass is 15.2. The molecule has 1 aliphatic rings. The van der Waals surface area contributed by atoms with Crippen LogP contribution >= 0.6 is 0 Å². The monoisotopic (exact) mass is 240 g/mol. The zero-order valence-electron chi connectivity index (χ0n) is 12.6. The fourth-order valence-electron chi connectivity index (χ4n) is 2.68. The highest BCUT2D eigenvalue weighted by Gasteiger charge is 2.32. The van der Waals surface area contributed by atoms with Crippen molar-refractivity contribution in [3.8, 4) is 0 Å². The molecule has 2 nitrogen and oxygen atoms in total. The van der Waals surface area contributed by atoms with Gasteiger partial charge in [-0.05, 0) is 24.8 Å². The summed E-state index contributed by atoms with van der Waals surface area (Å²) in [6.45, 7) is 15.3. The Morgan fingerprint density at radius 1 is 1.18 bits per heavy atom. The molecule has 1 aliphatic heterocycles. The van der Waals surface area contributed by atoms with Gasteiger partial charge < -0.3 is 5.32 Å². The Labute approximate surface area is 108 Å². The van der Waals surface area contributed by atoms with E-state index in [1.165, 1.54) is 45.3 Å². The Morgan fingerprint density at radius 3 is 2.41 bits per heavy atom. The van der Waals surface area contributed by atoms with Crippen molar-refractivity contribution >= 4 is 0 Å². The van der Waals surface area contributed by atoms with E-state index < -0.39 is 0 Å². The van der Waals surface area contributed by atoms with Crippen LogP contribution in [0.2, 0.25) is 0 Å². The van der Waals surface area contributed by atoms with Crippen LogP contribution in [0.5, 0.6) is 0 Å². The van der Waals surface area contributed by atoms with E-state index in [1.807, 2.05) is 0 Å². The van der Waals surface area contributed by atoms with Crippen LogP contribution in [0.1, 0.15) is 60.3 Å². The van der Waals surface area contributed by atoms with Gasteiger partial charge in [0.15, 0.2) is 0 Å². The Morgan fingerprint density at radius 2 is 1.88 bits per heavy atom. The van der Waals surface area contributed by atoms with E-state index in [9.17, 15) is 0 Å². The van der Waals surface area contributed by atoms with Gasteiger partial charge in [-0.25, -0.2) is 0 Å². The molecular formula is C15H32N2. The summed E-state index contributed by atoms with van der Waals surface area (Å²) in [6, 6.07) is 1.40. The first-order valence-corrected chi connectivity index (χ1v) is 7.46. The highest BCUT2D eigenvalue weighted by molar-refractivity contribution is 4.91. The number of rotatable bonds is 5. The second-order valence-corrected chi connectivity index (χ2v) is 6.59. The first-order valence-electron chi connectivity index (χ1n) is 7.46. The van der Waals surface area contributed by atoms with Gasteiger partial charge in [0.1, 0.15) is 0 Å². The lowest BCUT2D eigenvalue weighted by Gasteiger charge is -2.45. The second-order valence-electron chi connectivity index (χ2n) is 6.59. The molecule has 0 spiro atoms. The molecule has 0 aromatic carbocycles. The van der Waals surface area contributed by atoms with Crippen LogP contribution in [0.25, 0.3) is 0 Å². The van der Waals surface area contributed by atoms with Crippen LogP contribution in [-0.2, 0) is 0 Å². The Balaban J connectivity index is 2.49.